The summed E-state index contributed by atoms with van der Waals surface area (Å²) in [5.41, 5.74) is 1.15. The van der Waals surface area contributed by atoms with Crippen LogP contribution in [0.2, 0.25) is 0 Å². The van der Waals surface area contributed by atoms with Crippen LogP contribution < -0.4 is 10.1 Å². The molecule has 5 heteroatoms. The van der Waals surface area contributed by atoms with Gasteiger partial charge in [-0.2, -0.15) is 5.26 Å². The van der Waals surface area contributed by atoms with Gasteiger partial charge >= 0.3 is 0 Å². The third-order valence-electron chi connectivity index (χ3n) is 4.55. The molecule has 1 fully saturated rings. The Labute approximate surface area is 141 Å². The predicted octanol–water partition coefficient (Wildman–Crippen LogP) is 2.62. The molecule has 5 nitrogen and oxygen atoms in total. The van der Waals surface area contributed by atoms with Crippen LogP contribution >= 0.6 is 0 Å². The number of nitrogens with zero attached hydrogens (tertiary/aromatic N) is 1. The third kappa shape index (κ3) is 3.48. The van der Waals surface area contributed by atoms with Crippen molar-refractivity contribution >= 4 is 17.8 Å². The molecule has 0 saturated heterocycles. The van der Waals surface area contributed by atoms with Crippen molar-refractivity contribution < 1.29 is 14.3 Å². The highest BCUT2D eigenvalue weighted by molar-refractivity contribution is 6.14. The minimum Gasteiger partial charge on any atom is -0.488 e. The van der Waals surface area contributed by atoms with Crippen molar-refractivity contribution in [3.8, 4) is 11.8 Å². The molecule has 124 valence electrons. The smallest absolute Gasteiger partial charge is 0.245 e. The maximum absolute atomic E-state index is 12.6. The van der Waals surface area contributed by atoms with Crippen LogP contribution in [0, 0.1) is 17.2 Å². The summed E-state index contributed by atoms with van der Waals surface area (Å²) < 4.78 is 5.55. The lowest BCUT2D eigenvalue weighted by Crippen LogP contribution is -2.42. The fourth-order valence-electron chi connectivity index (χ4n) is 3.21. The molecule has 1 aromatic rings. The average Bonchev–Trinajstić information content (AvgIpc) is 2.62. The zero-order chi connectivity index (χ0) is 16.9. The van der Waals surface area contributed by atoms with E-state index >= 15 is 0 Å². The Morgan fingerprint density at radius 2 is 1.96 bits per heavy atom. The highest BCUT2D eigenvalue weighted by Gasteiger charge is 2.32. The first-order chi connectivity index (χ1) is 11.7. The Kier molecular flexibility index (Phi) is 4.95. The summed E-state index contributed by atoms with van der Waals surface area (Å²) in [5, 5.41) is 12.2. The first kappa shape index (κ1) is 16.3. The molecule has 1 amide bonds. The monoisotopic (exact) mass is 324 g/mol. The van der Waals surface area contributed by atoms with Crippen molar-refractivity contribution in [2.45, 2.75) is 38.1 Å². The topological polar surface area (TPSA) is 79.2 Å². The predicted molar refractivity (Wildman–Crippen MR) is 89.0 cm³/mol. The molecule has 1 saturated carbocycles. The first-order valence-electron chi connectivity index (χ1n) is 8.35. The van der Waals surface area contributed by atoms with Gasteiger partial charge in [0.1, 0.15) is 12.4 Å². The molecule has 3 rings (SSSR count). The lowest BCUT2D eigenvalue weighted by atomic mass is 9.92. The zero-order valence-corrected chi connectivity index (χ0v) is 13.5. The Morgan fingerprint density at radius 1 is 1.21 bits per heavy atom. The molecule has 1 N–H and O–H groups in total. The number of ketones is 1. The molecule has 1 aromatic carbocycles. The Morgan fingerprint density at radius 3 is 2.71 bits per heavy atom. The van der Waals surface area contributed by atoms with Gasteiger partial charge in [0.25, 0.3) is 0 Å². The molecular formula is C19H20N2O3. The number of hydrogen-bond acceptors (Lipinski definition) is 4. The van der Waals surface area contributed by atoms with Gasteiger partial charge in [-0.05, 0) is 25.0 Å². The number of benzene rings is 1. The van der Waals surface area contributed by atoms with Gasteiger partial charge in [0.15, 0.2) is 11.7 Å². The van der Waals surface area contributed by atoms with E-state index in [1.54, 1.807) is 6.08 Å². The van der Waals surface area contributed by atoms with E-state index in [1.165, 1.54) is 6.42 Å². The summed E-state index contributed by atoms with van der Waals surface area (Å²) in [6, 6.07) is 9.30. The first-order valence-corrected chi connectivity index (χ1v) is 8.35. The van der Waals surface area contributed by atoms with Gasteiger partial charge < -0.3 is 10.1 Å². The number of nitrogens with one attached hydrogen (secondary N) is 1. The van der Waals surface area contributed by atoms with E-state index in [2.05, 4.69) is 5.32 Å². The Hall–Kier alpha value is -2.61. The van der Waals surface area contributed by atoms with Gasteiger partial charge in [0, 0.05) is 17.2 Å². The van der Waals surface area contributed by atoms with E-state index in [1.807, 2.05) is 30.3 Å². The number of fused-ring (bicyclic) bond motifs is 1. The molecular weight excluding hydrogens is 304 g/mol. The summed E-state index contributed by atoms with van der Waals surface area (Å²) in [5.74, 6) is -1.57. The molecule has 0 aromatic heterocycles. The van der Waals surface area contributed by atoms with Gasteiger partial charge in [-0.1, -0.05) is 37.5 Å². The molecule has 1 atom stereocenters. The van der Waals surface area contributed by atoms with Crippen LogP contribution in [0.3, 0.4) is 0 Å². The molecule has 1 unspecified atom stereocenters. The fourth-order valence-corrected chi connectivity index (χ4v) is 3.21. The van der Waals surface area contributed by atoms with Gasteiger partial charge in [-0.25, -0.2) is 0 Å². The second-order valence-electron chi connectivity index (χ2n) is 6.27. The van der Waals surface area contributed by atoms with Crippen LogP contribution in [0.5, 0.6) is 5.75 Å². The number of carbonyl (C=O) groups is 2. The number of Topliss-reactive ketones (excluding diaryl/α,β-unsaturated/α-hetero) is 1. The van der Waals surface area contributed by atoms with E-state index in [0.29, 0.717) is 11.3 Å². The molecule has 1 heterocycles. The molecule has 0 bridgehead atoms. The second kappa shape index (κ2) is 7.31. The summed E-state index contributed by atoms with van der Waals surface area (Å²) in [4.78, 5) is 24.9. The summed E-state index contributed by atoms with van der Waals surface area (Å²) >= 11 is 0. The minimum atomic E-state index is -1.31. The highest BCUT2D eigenvalue weighted by Crippen LogP contribution is 2.27. The van der Waals surface area contributed by atoms with Gasteiger partial charge in [-0.3, -0.25) is 9.59 Å². The molecule has 0 spiro atoms. The lowest BCUT2D eigenvalue weighted by Gasteiger charge is -2.24. The van der Waals surface area contributed by atoms with Crippen LogP contribution in [-0.2, 0) is 9.59 Å². The number of carbonyl (C=O) groups excluding carboxylic acids is 2. The second-order valence-corrected chi connectivity index (χ2v) is 6.27. The standard InChI is InChI=1S/C19H20N2O3/c20-11-16(19(23)21-15-7-2-1-3-8-15)18(22)14-10-13-6-4-5-9-17(13)24-12-14/h4-6,9-10,15-16H,1-3,7-8,12H2,(H,21,23). The van der Waals surface area contributed by atoms with Crippen molar-refractivity contribution in [2.24, 2.45) is 5.92 Å². The minimum absolute atomic E-state index is 0.0761. The maximum atomic E-state index is 12.6. The quantitative estimate of drug-likeness (QED) is 0.864. The van der Waals surface area contributed by atoms with Gasteiger partial charge in [0.2, 0.25) is 5.91 Å². The SMILES string of the molecule is N#CC(C(=O)NC1CCCCC1)C(=O)C1=Cc2ccccc2OC1. The molecule has 2 aliphatic rings. The van der Waals surface area contributed by atoms with Crippen LogP contribution in [0.4, 0.5) is 0 Å². The van der Waals surface area contributed by atoms with E-state index in [9.17, 15) is 14.9 Å². The summed E-state index contributed by atoms with van der Waals surface area (Å²) in [6.45, 7) is 0.0880. The zero-order valence-electron chi connectivity index (χ0n) is 13.5. The highest BCUT2D eigenvalue weighted by atomic mass is 16.5. The summed E-state index contributed by atoms with van der Waals surface area (Å²) in [7, 11) is 0. The summed E-state index contributed by atoms with van der Waals surface area (Å²) in [6.07, 6.45) is 6.86. The van der Waals surface area contributed by atoms with Crippen molar-refractivity contribution in [3.63, 3.8) is 0 Å². The van der Waals surface area contributed by atoms with E-state index < -0.39 is 17.6 Å². The van der Waals surface area contributed by atoms with Crippen LogP contribution in [-0.4, -0.2) is 24.3 Å². The van der Waals surface area contributed by atoms with Crippen LogP contribution in [0.25, 0.3) is 6.08 Å². The maximum Gasteiger partial charge on any atom is 0.245 e. The Bertz CT molecular complexity index is 712. The van der Waals surface area contributed by atoms with Crippen LogP contribution in [0.1, 0.15) is 37.7 Å². The third-order valence-corrected chi connectivity index (χ3v) is 4.55. The molecule has 24 heavy (non-hydrogen) atoms. The molecule has 1 aliphatic heterocycles. The van der Waals surface area contributed by atoms with Crippen molar-refractivity contribution in [1.82, 2.24) is 5.32 Å². The number of hydrogen-bond donors (Lipinski definition) is 1. The normalized spacial score (nSPS) is 18.4. The van der Waals surface area contributed by atoms with Gasteiger partial charge in [-0.15, -0.1) is 0 Å². The lowest BCUT2D eigenvalue weighted by molar-refractivity contribution is -0.130. The van der Waals surface area contributed by atoms with Gasteiger partial charge in [0.05, 0.1) is 6.07 Å². The molecule has 1 aliphatic carbocycles. The number of rotatable bonds is 4. The molecule has 0 radical (unpaired) electrons. The fraction of sp³-hybridized carbons (Fsp3) is 0.421. The average molecular weight is 324 g/mol. The van der Waals surface area contributed by atoms with Crippen molar-refractivity contribution in [3.05, 3.63) is 35.4 Å². The van der Waals surface area contributed by atoms with E-state index in [0.717, 1.165) is 31.2 Å². The van der Waals surface area contributed by atoms with Crippen molar-refractivity contribution in [2.75, 3.05) is 6.61 Å². The van der Waals surface area contributed by atoms with E-state index in [-0.39, 0.29) is 12.6 Å². The van der Waals surface area contributed by atoms with Crippen molar-refractivity contribution in [1.29, 1.82) is 5.26 Å². The Balaban J connectivity index is 1.71. The number of ether oxygens (including phenoxy) is 1. The van der Waals surface area contributed by atoms with E-state index in [4.69, 9.17) is 4.74 Å². The number of para-hydroxylation sites is 1. The number of nitriles is 1. The van der Waals surface area contributed by atoms with Crippen LogP contribution in [0.15, 0.2) is 29.8 Å². The number of amides is 1. The largest absolute Gasteiger partial charge is 0.488 e.